The normalized spacial score (nSPS) is 36.0. The van der Waals surface area contributed by atoms with Crippen molar-refractivity contribution in [2.24, 2.45) is 23.0 Å². The zero-order chi connectivity index (χ0) is 13.4. The Morgan fingerprint density at radius 2 is 1.94 bits per heavy atom. The van der Waals surface area contributed by atoms with Crippen LogP contribution in [0.5, 0.6) is 0 Å². The van der Waals surface area contributed by atoms with Gasteiger partial charge in [0, 0.05) is 18.6 Å². The molecule has 0 aromatic heterocycles. The van der Waals surface area contributed by atoms with Crippen LogP contribution in [0.4, 0.5) is 0 Å². The molecule has 0 heterocycles. The molecule has 0 spiro atoms. The smallest absolute Gasteiger partial charge is 0.0362 e. The maximum Gasteiger partial charge on any atom is 0.0362 e. The predicted molar refractivity (Wildman–Crippen MR) is 78.6 cm³/mol. The Hall–Kier alpha value is -0.0800. The number of rotatable bonds is 5. The van der Waals surface area contributed by atoms with E-state index in [9.17, 15) is 0 Å². The summed E-state index contributed by atoms with van der Waals surface area (Å²) in [5, 5.41) is 0. The zero-order valence-corrected chi connectivity index (χ0v) is 12.8. The minimum absolute atomic E-state index is 0.272. The Balaban J connectivity index is 2.13. The van der Waals surface area contributed by atoms with Crippen LogP contribution >= 0.6 is 0 Å². The molecule has 0 bridgehead atoms. The first-order chi connectivity index (χ1) is 8.43. The minimum atomic E-state index is 0.272. The highest BCUT2D eigenvalue weighted by atomic mass is 15.2. The van der Waals surface area contributed by atoms with E-state index >= 15 is 0 Å². The lowest BCUT2D eigenvalue weighted by Crippen LogP contribution is -2.57. The molecule has 2 heteroatoms. The molecular formula is C16H32N2. The molecule has 0 aromatic carbocycles. The summed E-state index contributed by atoms with van der Waals surface area (Å²) in [7, 11) is 0. The van der Waals surface area contributed by atoms with E-state index in [0.29, 0.717) is 5.41 Å². The summed E-state index contributed by atoms with van der Waals surface area (Å²) >= 11 is 0. The van der Waals surface area contributed by atoms with Gasteiger partial charge in [0.05, 0.1) is 0 Å². The highest BCUT2D eigenvalue weighted by Crippen LogP contribution is 2.50. The SMILES string of the molecule is CCN(CC1CCC1)C1(CN)CC(C)(C)CC1C. The summed E-state index contributed by atoms with van der Waals surface area (Å²) in [6.07, 6.45) is 6.92. The van der Waals surface area contributed by atoms with Crippen molar-refractivity contribution < 1.29 is 0 Å². The Morgan fingerprint density at radius 3 is 2.28 bits per heavy atom. The molecule has 0 aromatic rings. The molecule has 2 rings (SSSR count). The molecule has 0 saturated heterocycles. The zero-order valence-electron chi connectivity index (χ0n) is 12.8. The summed E-state index contributed by atoms with van der Waals surface area (Å²) in [5.74, 6) is 1.68. The highest BCUT2D eigenvalue weighted by molar-refractivity contribution is 5.06. The van der Waals surface area contributed by atoms with Gasteiger partial charge in [-0.05, 0) is 49.5 Å². The van der Waals surface area contributed by atoms with Crippen LogP contribution in [0.1, 0.15) is 59.8 Å². The largest absolute Gasteiger partial charge is 0.329 e. The third kappa shape index (κ3) is 2.46. The predicted octanol–water partition coefficient (Wildman–Crippen LogP) is 3.26. The van der Waals surface area contributed by atoms with Crippen molar-refractivity contribution in [1.82, 2.24) is 4.90 Å². The van der Waals surface area contributed by atoms with E-state index in [1.807, 2.05) is 0 Å². The van der Waals surface area contributed by atoms with Crippen molar-refractivity contribution in [3.8, 4) is 0 Å². The lowest BCUT2D eigenvalue weighted by Gasteiger charge is -2.46. The van der Waals surface area contributed by atoms with Crippen molar-refractivity contribution in [2.75, 3.05) is 19.6 Å². The molecule has 2 aliphatic carbocycles. The van der Waals surface area contributed by atoms with Gasteiger partial charge in [-0.1, -0.05) is 34.1 Å². The number of likely N-dealkylation sites (N-methyl/N-ethyl adjacent to an activating group) is 1. The van der Waals surface area contributed by atoms with Gasteiger partial charge in [-0.15, -0.1) is 0 Å². The fourth-order valence-electron chi connectivity index (χ4n) is 4.53. The van der Waals surface area contributed by atoms with Gasteiger partial charge in [0.25, 0.3) is 0 Å². The fraction of sp³-hybridized carbons (Fsp3) is 1.00. The second kappa shape index (κ2) is 5.13. The van der Waals surface area contributed by atoms with Gasteiger partial charge in [-0.3, -0.25) is 4.90 Å². The van der Waals surface area contributed by atoms with Crippen LogP contribution in [0.15, 0.2) is 0 Å². The molecule has 2 nitrogen and oxygen atoms in total. The van der Waals surface area contributed by atoms with Gasteiger partial charge in [-0.25, -0.2) is 0 Å². The van der Waals surface area contributed by atoms with Gasteiger partial charge >= 0.3 is 0 Å². The molecular weight excluding hydrogens is 220 g/mol. The van der Waals surface area contributed by atoms with Crippen LogP contribution in [-0.4, -0.2) is 30.1 Å². The molecule has 2 aliphatic rings. The second-order valence-electron chi connectivity index (χ2n) is 7.59. The van der Waals surface area contributed by atoms with Crippen molar-refractivity contribution in [3.63, 3.8) is 0 Å². The van der Waals surface area contributed by atoms with Crippen molar-refractivity contribution >= 4 is 0 Å². The van der Waals surface area contributed by atoms with E-state index in [2.05, 4.69) is 32.6 Å². The molecule has 0 radical (unpaired) electrons. The Kier molecular flexibility index (Phi) is 4.08. The average molecular weight is 252 g/mol. The van der Waals surface area contributed by atoms with Gasteiger partial charge < -0.3 is 5.73 Å². The quantitative estimate of drug-likeness (QED) is 0.814. The maximum atomic E-state index is 6.25. The Bertz CT molecular complexity index is 283. The third-order valence-electron chi connectivity index (χ3n) is 5.63. The molecule has 0 aliphatic heterocycles. The lowest BCUT2D eigenvalue weighted by atomic mass is 9.80. The van der Waals surface area contributed by atoms with E-state index in [-0.39, 0.29) is 5.54 Å². The monoisotopic (exact) mass is 252 g/mol. The minimum Gasteiger partial charge on any atom is -0.329 e. The van der Waals surface area contributed by atoms with Gasteiger partial charge in [-0.2, -0.15) is 0 Å². The summed E-state index contributed by atoms with van der Waals surface area (Å²) in [4.78, 5) is 2.73. The van der Waals surface area contributed by atoms with Gasteiger partial charge in [0.2, 0.25) is 0 Å². The van der Waals surface area contributed by atoms with Crippen molar-refractivity contribution in [3.05, 3.63) is 0 Å². The van der Waals surface area contributed by atoms with E-state index in [1.54, 1.807) is 0 Å². The summed E-state index contributed by atoms with van der Waals surface area (Å²) < 4.78 is 0. The molecule has 2 fully saturated rings. The van der Waals surface area contributed by atoms with Crippen LogP contribution in [0.25, 0.3) is 0 Å². The Morgan fingerprint density at radius 1 is 1.28 bits per heavy atom. The molecule has 2 N–H and O–H groups in total. The number of nitrogens with two attached hydrogens (primary N) is 1. The molecule has 0 amide bonds. The molecule has 106 valence electrons. The van der Waals surface area contributed by atoms with Crippen LogP contribution in [-0.2, 0) is 0 Å². The maximum absolute atomic E-state index is 6.25. The molecule has 18 heavy (non-hydrogen) atoms. The Labute approximate surface area is 113 Å². The van der Waals surface area contributed by atoms with Crippen LogP contribution in [0.2, 0.25) is 0 Å². The lowest BCUT2D eigenvalue weighted by molar-refractivity contribution is 0.0354. The van der Waals surface area contributed by atoms with E-state index in [0.717, 1.165) is 24.9 Å². The number of hydrogen-bond acceptors (Lipinski definition) is 2. The van der Waals surface area contributed by atoms with Crippen molar-refractivity contribution in [2.45, 2.75) is 65.3 Å². The molecule has 2 atom stereocenters. The second-order valence-corrected chi connectivity index (χ2v) is 7.59. The summed E-state index contributed by atoms with van der Waals surface area (Å²) in [6, 6.07) is 0. The van der Waals surface area contributed by atoms with E-state index < -0.39 is 0 Å². The van der Waals surface area contributed by atoms with Crippen molar-refractivity contribution in [1.29, 1.82) is 0 Å². The first kappa shape index (κ1) is 14.3. The van der Waals surface area contributed by atoms with Crippen LogP contribution < -0.4 is 5.73 Å². The summed E-state index contributed by atoms with van der Waals surface area (Å²) in [6.45, 7) is 12.8. The van der Waals surface area contributed by atoms with Crippen LogP contribution in [0.3, 0.4) is 0 Å². The third-order valence-corrected chi connectivity index (χ3v) is 5.63. The average Bonchev–Trinajstić information content (AvgIpc) is 2.48. The van der Waals surface area contributed by atoms with E-state index in [4.69, 9.17) is 5.73 Å². The van der Waals surface area contributed by atoms with Gasteiger partial charge in [0.15, 0.2) is 0 Å². The number of hydrogen-bond donors (Lipinski definition) is 1. The molecule has 2 unspecified atom stereocenters. The first-order valence-electron chi connectivity index (χ1n) is 7.88. The number of nitrogens with zero attached hydrogens (tertiary/aromatic N) is 1. The summed E-state index contributed by atoms with van der Waals surface area (Å²) in [5.41, 5.74) is 6.99. The van der Waals surface area contributed by atoms with Gasteiger partial charge in [0.1, 0.15) is 0 Å². The topological polar surface area (TPSA) is 29.3 Å². The fourth-order valence-corrected chi connectivity index (χ4v) is 4.53. The first-order valence-corrected chi connectivity index (χ1v) is 7.88. The van der Waals surface area contributed by atoms with Crippen LogP contribution in [0, 0.1) is 17.3 Å². The highest BCUT2D eigenvalue weighted by Gasteiger charge is 2.51. The standard InChI is InChI=1S/C16H32N2/c1-5-18(10-14-7-6-8-14)16(12-17)11-15(3,4)9-13(16)2/h13-14H,5-12,17H2,1-4H3. The van der Waals surface area contributed by atoms with E-state index in [1.165, 1.54) is 38.6 Å². The molecule has 2 saturated carbocycles.